The summed E-state index contributed by atoms with van der Waals surface area (Å²) in [6.45, 7) is 4.64. The summed E-state index contributed by atoms with van der Waals surface area (Å²) >= 11 is 0. The predicted octanol–water partition coefficient (Wildman–Crippen LogP) is 0.431. The molecule has 0 aliphatic carbocycles. The molecule has 0 heterocycles. The topological polar surface area (TPSA) is 87.7 Å². The number of hydrogen-bond donors (Lipinski definition) is 3. The van der Waals surface area contributed by atoms with Gasteiger partial charge in [0.15, 0.2) is 0 Å². The average molecular weight is 232 g/mol. The second kappa shape index (κ2) is 7.92. The van der Waals surface area contributed by atoms with Crippen molar-refractivity contribution in [1.82, 2.24) is 10.6 Å². The SMILES string of the molecule is CC[C@H](NC(=O)NCC(C)COC)C(=O)O. The van der Waals surface area contributed by atoms with Gasteiger partial charge >= 0.3 is 12.0 Å². The number of carboxylic acid groups (broad SMARTS) is 1. The monoisotopic (exact) mass is 232 g/mol. The molecule has 0 saturated carbocycles. The number of hydrogen-bond acceptors (Lipinski definition) is 3. The van der Waals surface area contributed by atoms with Crippen LogP contribution in [0.1, 0.15) is 20.3 Å². The maximum Gasteiger partial charge on any atom is 0.326 e. The van der Waals surface area contributed by atoms with Gasteiger partial charge in [-0.25, -0.2) is 9.59 Å². The van der Waals surface area contributed by atoms with Crippen LogP contribution >= 0.6 is 0 Å². The minimum atomic E-state index is -1.03. The Labute approximate surface area is 95.4 Å². The fraction of sp³-hybridized carbons (Fsp3) is 0.800. The highest BCUT2D eigenvalue weighted by molar-refractivity contribution is 5.82. The van der Waals surface area contributed by atoms with Gasteiger partial charge in [-0.1, -0.05) is 13.8 Å². The Balaban J connectivity index is 3.85. The molecule has 0 aliphatic rings. The van der Waals surface area contributed by atoms with Crippen molar-refractivity contribution in [2.24, 2.45) is 5.92 Å². The Morgan fingerprint density at radius 3 is 2.50 bits per heavy atom. The van der Waals surface area contributed by atoms with E-state index < -0.39 is 18.0 Å². The molecule has 1 unspecified atom stereocenters. The standard InChI is InChI=1S/C10H20N2O4/c1-4-8(9(13)14)12-10(15)11-5-7(2)6-16-3/h7-8H,4-6H2,1-3H3,(H,13,14)(H2,11,12,15)/t7?,8-/m0/s1. The Kier molecular flexibility index (Phi) is 7.28. The minimum absolute atomic E-state index is 0.195. The van der Waals surface area contributed by atoms with E-state index in [4.69, 9.17) is 9.84 Å². The summed E-state index contributed by atoms with van der Waals surface area (Å²) in [6, 6.07) is -1.30. The third kappa shape index (κ3) is 6.23. The maximum absolute atomic E-state index is 11.3. The predicted molar refractivity (Wildman–Crippen MR) is 59.3 cm³/mol. The van der Waals surface area contributed by atoms with Crippen molar-refractivity contribution >= 4 is 12.0 Å². The number of urea groups is 1. The summed E-state index contributed by atoms with van der Waals surface area (Å²) < 4.78 is 4.91. The molecule has 0 aromatic rings. The van der Waals surface area contributed by atoms with E-state index >= 15 is 0 Å². The van der Waals surface area contributed by atoms with Crippen LogP contribution in [0.25, 0.3) is 0 Å². The van der Waals surface area contributed by atoms with Crippen LogP contribution < -0.4 is 10.6 Å². The van der Waals surface area contributed by atoms with E-state index in [0.29, 0.717) is 19.6 Å². The van der Waals surface area contributed by atoms with Gasteiger partial charge in [-0.2, -0.15) is 0 Å². The van der Waals surface area contributed by atoms with E-state index in [0.717, 1.165) is 0 Å². The second-order valence-corrected chi connectivity index (χ2v) is 3.71. The third-order valence-corrected chi connectivity index (χ3v) is 2.07. The number of ether oxygens (including phenoxy) is 1. The average Bonchev–Trinajstić information content (AvgIpc) is 2.23. The number of carboxylic acids is 1. The minimum Gasteiger partial charge on any atom is -0.480 e. The largest absolute Gasteiger partial charge is 0.480 e. The molecule has 0 saturated heterocycles. The Bertz CT molecular complexity index is 233. The molecule has 0 fully saturated rings. The molecule has 2 atom stereocenters. The van der Waals surface area contributed by atoms with Crippen LogP contribution in [0.15, 0.2) is 0 Å². The molecule has 2 amide bonds. The molecular weight excluding hydrogens is 212 g/mol. The summed E-state index contributed by atoms with van der Waals surface area (Å²) in [5.41, 5.74) is 0. The van der Waals surface area contributed by atoms with Crippen molar-refractivity contribution in [3.8, 4) is 0 Å². The first-order valence-electron chi connectivity index (χ1n) is 5.27. The zero-order valence-electron chi connectivity index (χ0n) is 9.95. The molecule has 94 valence electrons. The lowest BCUT2D eigenvalue weighted by Crippen LogP contribution is -2.46. The van der Waals surface area contributed by atoms with E-state index in [1.807, 2.05) is 6.92 Å². The number of carbonyl (C=O) groups is 2. The van der Waals surface area contributed by atoms with Crippen LogP contribution in [-0.4, -0.2) is 43.4 Å². The molecule has 0 aliphatic heterocycles. The number of carbonyl (C=O) groups excluding carboxylic acids is 1. The van der Waals surface area contributed by atoms with Crippen molar-refractivity contribution in [1.29, 1.82) is 0 Å². The van der Waals surface area contributed by atoms with Crippen molar-refractivity contribution in [2.45, 2.75) is 26.3 Å². The molecule has 0 spiro atoms. The number of methoxy groups -OCH3 is 1. The molecule has 6 heteroatoms. The lowest BCUT2D eigenvalue weighted by Gasteiger charge is -2.15. The molecule has 0 aromatic carbocycles. The van der Waals surface area contributed by atoms with Crippen LogP contribution in [0.2, 0.25) is 0 Å². The van der Waals surface area contributed by atoms with Crippen LogP contribution in [-0.2, 0) is 9.53 Å². The second-order valence-electron chi connectivity index (χ2n) is 3.71. The Morgan fingerprint density at radius 2 is 2.06 bits per heavy atom. The van der Waals surface area contributed by atoms with E-state index in [9.17, 15) is 9.59 Å². The van der Waals surface area contributed by atoms with Crippen molar-refractivity contribution in [3.05, 3.63) is 0 Å². The van der Waals surface area contributed by atoms with E-state index in [-0.39, 0.29) is 5.92 Å². The summed E-state index contributed by atoms with van der Waals surface area (Å²) in [7, 11) is 1.59. The highest BCUT2D eigenvalue weighted by atomic mass is 16.5. The van der Waals surface area contributed by atoms with E-state index in [2.05, 4.69) is 10.6 Å². The first-order chi connectivity index (χ1) is 7.51. The van der Waals surface area contributed by atoms with Crippen LogP contribution in [0, 0.1) is 5.92 Å². The molecule has 3 N–H and O–H groups in total. The van der Waals surface area contributed by atoms with Gasteiger partial charge in [0.05, 0.1) is 6.61 Å². The summed E-state index contributed by atoms with van der Waals surface area (Å²) in [4.78, 5) is 21.9. The third-order valence-electron chi connectivity index (χ3n) is 2.07. The van der Waals surface area contributed by atoms with Gasteiger partial charge in [-0.3, -0.25) is 0 Å². The lowest BCUT2D eigenvalue weighted by molar-refractivity contribution is -0.139. The number of aliphatic carboxylic acids is 1. The molecular formula is C10H20N2O4. The zero-order valence-corrected chi connectivity index (χ0v) is 9.95. The van der Waals surface area contributed by atoms with Gasteiger partial charge < -0.3 is 20.5 Å². The normalized spacial score (nSPS) is 13.9. The van der Waals surface area contributed by atoms with E-state index in [1.54, 1.807) is 14.0 Å². The maximum atomic E-state index is 11.3. The smallest absolute Gasteiger partial charge is 0.326 e. The summed E-state index contributed by atoms with van der Waals surface area (Å²) in [5.74, 6) is -0.830. The summed E-state index contributed by atoms with van der Waals surface area (Å²) in [6.07, 6.45) is 0.358. The fourth-order valence-corrected chi connectivity index (χ4v) is 1.16. The first kappa shape index (κ1) is 14.7. The zero-order chi connectivity index (χ0) is 12.6. The van der Waals surface area contributed by atoms with Gasteiger partial charge in [0.2, 0.25) is 0 Å². The molecule has 0 bridgehead atoms. The molecule has 0 rings (SSSR count). The van der Waals surface area contributed by atoms with Crippen molar-refractivity contribution in [2.75, 3.05) is 20.3 Å². The highest BCUT2D eigenvalue weighted by Gasteiger charge is 2.17. The van der Waals surface area contributed by atoms with Crippen LogP contribution in [0.5, 0.6) is 0 Å². The van der Waals surface area contributed by atoms with Crippen molar-refractivity contribution in [3.63, 3.8) is 0 Å². The highest BCUT2D eigenvalue weighted by Crippen LogP contribution is 1.93. The Hall–Kier alpha value is -1.30. The van der Waals surface area contributed by atoms with Gasteiger partial charge in [-0.15, -0.1) is 0 Å². The Morgan fingerprint density at radius 1 is 1.44 bits per heavy atom. The first-order valence-corrected chi connectivity index (χ1v) is 5.27. The van der Waals surface area contributed by atoms with Gasteiger partial charge in [0.25, 0.3) is 0 Å². The molecule has 6 nitrogen and oxygen atoms in total. The summed E-state index contributed by atoms with van der Waals surface area (Å²) in [5, 5.41) is 13.7. The van der Waals surface area contributed by atoms with Crippen LogP contribution in [0.4, 0.5) is 4.79 Å². The van der Waals surface area contributed by atoms with Gasteiger partial charge in [0.1, 0.15) is 6.04 Å². The van der Waals surface area contributed by atoms with Crippen molar-refractivity contribution < 1.29 is 19.4 Å². The number of rotatable bonds is 7. The van der Waals surface area contributed by atoms with Crippen LogP contribution in [0.3, 0.4) is 0 Å². The number of nitrogens with one attached hydrogen (secondary N) is 2. The fourth-order valence-electron chi connectivity index (χ4n) is 1.16. The lowest BCUT2D eigenvalue weighted by atomic mass is 10.2. The molecule has 0 aromatic heterocycles. The molecule has 0 radical (unpaired) electrons. The van der Waals surface area contributed by atoms with Gasteiger partial charge in [0, 0.05) is 13.7 Å². The van der Waals surface area contributed by atoms with E-state index in [1.165, 1.54) is 0 Å². The van der Waals surface area contributed by atoms with Gasteiger partial charge in [-0.05, 0) is 12.3 Å². The number of amides is 2. The molecule has 16 heavy (non-hydrogen) atoms. The quantitative estimate of drug-likeness (QED) is 0.594.